The minimum absolute atomic E-state index is 1.12. The van der Waals surface area contributed by atoms with Gasteiger partial charge < -0.3 is 0 Å². The van der Waals surface area contributed by atoms with Crippen molar-refractivity contribution in [2.75, 3.05) is 26.2 Å². The molecule has 0 aliphatic carbocycles. The zero-order valence-electron chi connectivity index (χ0n) is 11.1. The Morgan fingerprint density at radius 1 is 0.750 bits per heavy atom. The summed E-state index contributed by atoms with van der Waals surface area (Å²) in [6, 6.07) is 0. The maximum Gasteiger partial charge on any atom is 0.0372 e. The Hall–Kier alpha value is -0.300. The van der Waals surface area contributed by atoms with E-state index in [0.717, 1.165) is 26.2 Å². The van der Waals surface area contributed by atoms with E-state index in [9.17, 15) is 0 Å². The van der Waals surface area contributed by atoms with E-state index >= 15 is 0 Å². The second-order valence-corrected chi connectivity index (χ2v) is 6.98. The molecule has 0 aromatic heterocycles. The van der Waals surface area contributed by atoms with Gasteiger partial charge in [-0.2, -0.15) is 0 Å². The third-order valence-corrected chi connectivity index (χ3v) is 7.37. The molecule has 1 heterocycles. The van der Waals surface area contributed by atoms with Gasteiger partial charge >= 0.3 is 0 Å². The number of allylic oxidation sites excluding steroid dienone is 3. The van der Waals surface area contributed by atoms with Crippen LogP contribution in [0.3, 0.4) is 0 Å². The molecule has 0 fully saturated rings. The van der Waals surface area contributed by atoms with E-state index in [4.69, 9.17) is 0 Å². The van der Waals surface area contributed by atoms with E-state index in [1.807, 2.05) is 0 Å². The Morgan fingerprint density at radius 2 is 1.25 bits per heavy atom. The largest absolute Gasteiger partial charge is 0.269 e. The first kappa shape index (κ1) is 13.8. The second kappa shape index (κ2) is 6.44. The van der Waals surface area contributed by atoms with Gasteiger partial charge in [0.1, 0.15) is 0 Å². The van der Waals surface area contributed by atoms with Gasteiger partial charge in [-0.15, -0.1) is 0 Å². The summed E-state index contributed by atoms with van der Waals surface area (Å²) < 4.78 is 5.22. The lowest BCUT2D eigenvalue weighted by Crippen LogP contribution is -2.32. The van der Waals surface area contributed by atoms with Crippen LogP contribution in [0.25, 0.3) is 0 Å². The Labute approximate surface area is 101 Å². The fourth-order valence-corrected chi connectivity index (χ4v) is 6.11. The maximum absolute atomic E-state index is 2.61. The fraction of sp³-hybridized carbons (Fsp3) is 0.615. The quantitative estimate of drug-likeness (QED) is 0.656. The van der Waals surface area contributed by atoms with Crippen LogP contribution in [0.2, 0.25) is 0 Å². The molecule has 1 aliphatic heterocycles. The van der Waals surface area contributed by atoms with Crippen LogP contribution in [0.5, 0.6) is 0 Å². The van der Waals surface area contributed by atoms with Crippen molar-refractivity contribution in [3.05, 3.63) is 24.0 Å². The first-order valence-corrected chi connectivity index (χ1v) is 8.18. The molecule has 0 unspecified atom stereocenters. The van der Waals surface area contributed by atoms with Gasteiger partial charge in [-0.1, -0.05) is 45.9 Å². The summed E-state index contributed by atoms with van der Waals surface area (Å²) in [6.45, 7) is 13.5. The first-order valence-electron chi connectivity index (χ1n) is 6.34. The van der Waals surface area contributed by atoms with Crippen molar-refractivity contribution < 1.29 is 0 Å². The van der Waals surface area contributed by atoms with E-state index in [1.165, 1.54) is 0 Å². The highest BCUT2D eigenvalue weighted by molar-refractivity contribution is 7.73. The zero-order valence-corrected chi connectivity index (χ0v) is 12.0. The van der Waals surface area contributed by atoms with Crippen LogP contribution < -0.4 is 0 Å². The third kappa shape index (κ3) is 2.51. The van der Waals surface area contributed by atoms with E-state index < -0.39 is 7.19 Å². The normalized spacial score (nSPS) is 18.1. The Morgan fingerprint density at radius 3 is 1.56 bits per heavy atom. The van der Waals surface area contributed by atoms with Gasteiger partial charge in [0.2, 0.25) is 0 Å². The first-order chi connectivity index (χ1) is 7.75. The highest BCUT2D eigenvalue weighted by Crippen LogP contribution is 2.56. The third-order valence-electron chi connectivity index (χ3n) is 3.20. The van der Waals surface area contributed by atoms with Crippen molar-refractivity contribution in [2.45, 2.75) is 27.7 Å². The van der Waals surface area contributed by atoms with Crippen molar-refractivity contribution in [2.24, 2.45) is 0 Å². The molecule has 0 spiro atoms. The van der Waals surface area contributed by atoms with Crippen LogP contribution in [0.4, 0.5) is 0 Å². The summed E-state index contributed by atoms with van der Waals surface area (Å²) in [5.41, 5.74) is 0. The van der Waals surface area contributed by atoms with Crippen LogP contribution in [-0.2, 0) is 0 Å². The lowest BCUT2D eigenvalue weighted by molar-refractivity contribution is 0.426. The molecule has 0 amide bonds. The second-order valence-electron chi connectivity index (χ2n) is 3.85. The molecule has 0 aromatic rings. The van der Waals surface area contributed by atoms with Crippen molar-refractivity contribution in [1.29, 1.82) is 0 Å². The molecule has 0 aromatic carbocycles. The maximum atomic E-state index is 2.61. The number of hydrogen-bond acceptors (Lipinski definition) is 2. The molecule has 1 aliphatic rings. The summed E-state index contributed by atoms with van der Waals surface area (Å²) in [6.07, 6.45) is 6.56. The standard InChI is InChI=1S/C13H25N2P/c1-5-14(6-2)16(15(7-3)8-4)12-10-9-11-13-16/h9-13H,5-8H2,1-4H3. The van der Waals surface area contributed by atoms with Crippen molar-refractivity contribution >= 4 is 13.0 Å². The lowest BCUT2D eigenvalue weighted by atomic mass is 10.5. The van der Waals surface area contributed by atoms with Gasteiger partial charge in [0.25, 0.3) is 0 Å². The molecule has 0 atom stereocenters. The number of hydrogen-bond donors (Lipinski definition) is 0. The van der Waals surface area contributed by atoms with E-state index in [2.05, 4.69) is 66.9 Å². The van der Waals surface area contributed by atoms with E-state index in [1.54, 1.807) is 0 Å². The molecular formula is C13H25N2P. The molecule has 0 saturated carbocycles. The van der Waals surface area contributed by atoms with Crippen LogP contribution in [0.1, 0.15) is 27.7 Å². The predicted molar refractivity (Wildman–Crippen MR) is 77.1 cm³/mol. The molecule has 0 saturated heterocycles. The molecular weight excluding hydrogens is 215 g/mol. The van der Waals surface area contributed by atoms with Crippen LogP contribution in [0, 0.1) is 0 Å². The minimum Gasteiger partial charge on any atom is -0.269 e. The lowest BCUT2D eigenvalue weighted by Gasteiger charge is -2.43. The van der Waals surface area contributed by atoms with Gasteiger partial charge in [0, 0.05) is 33.4 Å². The summed E-state index contributed by atoms with van der Waals surface area (Å²) >= 11 is 0. The molecule has 0 radical (unpaired) electrons. The van der Waals surface area contributed by atoms with Crippen molar-refractivity contribution in [3.8, 4) is 0 Å². The average Bonchev–Trinajstić information content (AvgIpc) is 2.33. The smallest absolute Gasteiger partial charge is 0.0372 e. The van der Waals surface area contributed by atoms with Gasteiger partial charge in [0.15, 0.2) is 0 Å². The summed E-state index contributed by atoms with van der Waals surface area (Å²) in [7, 11) is -1.34. The summed E-state index contributed by atoms with van der Waals surface area (Å²) in [4.78, 5) is 0. The Balaban J connectivity index is 3.17. The molecule has 0 bridgehead atoms. The monoisotopic (exact) mass is 240 g/mol. The van der Waals surface area contributed by atoms with Crippen LogP contribution >= 0.6 is 7.19 Å². The van der Waals surface area contributed by atoms with Crippen molar-refractivity contribution in [1.82, 2.24) is 9.34 Å². The fourth-order valence-electron chi connectivity index (χ4n) is 2.38. The van der Waals surface area contributed by atoms with Gasteiger partial charge in [0.05, 0.1) is 0 Å². The molecule has 92 valence electrons. The van der Waals surface area contributed by atoms with E-state index in [0.29, 0.717) is 0 Å². The van der Waals surface area contributed by atoms with Crippen LogP contribution in [0.15, 0.2) is 24.0 Å². The summed E-state index contributed by atoms with van der Waals surface area (Å²) in [5, 5.41) is 0. The number of rotatable bonds is 6. The average molecular weight is 240 g/mol. The van der Waals surface area contributed by atoms with E-state index in [-0.39, 0.29) is 0 Å². The molecule has 2 nitrogen and oxygen atoms in total. The topological polar surface area (TPSA) is 6.48 Å². The Kier molecular flexibility index (Phi) is 5.54. The van der Waals surface area contributed by atoms with Gasteiger partial charge in [-0.3, -0.25) is 9.34 Å². The van der Waals surface area contributed by atoms with Crippen LogP contribution in [-0.4, -0.2) is 41.3 Å². The van der Waals surface area contributed by atoms with Gasteiger partial charge in [-0.25, -0.2) is 0 Å². The highest BCUT2D eigenvalue weighted by atomic mass is 31.2. The molecule has 16 heavy (non-hydrogen) atoms. The van der Waals surface area contributed by atoms with Gasteiger partial charge in [-0.05, 0) is 11.6 Å². The highest BCUT2D eigenvalue weighted by Gasteiger charge is 2.26. The van der Waals surface area contributed by atoms with Crippen molar-refractivity contribution in [3.63, 3.8) is 0 Å². The SMILES string of the molecule is CCN(CC)P1(N(CC)CC)=CC=CC=C1. The summed E-state index contributed by atoms with van der Waals surface area (Å²) in [5.74, 6) is 4.85. The molecule has 3 heteroatoms. The Bertz CT molecular complexity index is 294. The molecule has 1 rings (SSSR count). The predicted octanol–water partition coefficient (Wildman–Crippen LogP) is 3.40. The minimum atomic E-state index is -1.34. The molecule has 0 N–H and O–H groups in total. The zero-order chi connectivity index (χ0) is 12.0. The number of nitrogens with zero attached hydrogens (tertiary/aromatic N) is 2.